The number of halogens is 1. The molecule has 4 heterocycles. The maximum atomic E-state index is 13.3. The zero-order chi connectivity index (χ0) is 52.2. The molecule has 7 amide bonds. The van der Waals surface area contributed by atoms with Crippen molar-refractivity contribution < 1.29 is 53.2 Å². The number of amides is 7. The number of H-pyrrole nitrogens is 1. The molecule has 3 aromatic rings. The lowest BCUT2D eigenvalue weighted by Gasteiger charge is -2.42. The first-order chi connectivity index (χ1) is 33.7. The first-order valence-corrected chi connectivity index (χ1v) is 25.6. The monoisotopic (exact) mass is 1100 g/mol. The van der Waals surface area contributed by atoms with Gasteiger partial charge in [0.15, 0.2) is 12.0 Å². The summed E-state index contributed by atoms with van der Waals surface area (Å²) in [6, 6.07) is 5.37. The predicted octanol–water partition coefficient (Wildman–Crippen LogP) is 4.06. The Kier molecular flexibility index (Phi) is 20.5. The number of benzene rings is 1. The first kappa shape index (κ1) is 56.5. The fourth-order valence-corrected chi connectivity index (χ4v) is 9.12. The molecule has 0 saturated carbocycles. The molecule has 8 N–H and O–H groups in total. The average molecular weight is 1100 g/mol. The SMILES string of the molecule is CCCCCCc1cc2ncnc(N[C@H]3O[C@@H](C)[C@H](NC(=O)CN(C)C(=O)OCc4ccc(NC(=O)[C@H](C)NC(=O)[C@@H](NC(=O)CCN5C(=O)CC(C(I)(CC)CC)C5=O)C(C)C)cc4)[C@@H](O)[C@H]3O)c2[nH]1. The number of anilines is 2. The minimum Gasteiger partial charge on any atom is -0.445 e. The third-order valence-electron chi connectivity index (χ3n) is 13.2. The fraction of sp³-hybridized carbons (Fsp3) is 0.612. The van der Waals surface area contributed by atoms with Crippen LogP contribution in [0.4, 0.5) is 16.3 Å². The van der Waals surface area contributed by atoms with E-state index < -0.39 is 84.8 Å². The molecule has 21 nitrogen and oxygen atoms in total. The summed E-state index contributed by atoms with van der Waals surface area (Å²) < 4.78 is 11.1. The Bertz CT molecular complexity index is 2340. The molecular weight excluding hydrogens is 1030 g/mol. The van der Waals surface area contributed by atoms with E-state index in [2.05, 4.69) is 71.1 Å². The van der Waals surface area contributed by atoms with Crippen molar-refractivity contribution in [3.05, 3.63) is 47.9 Å². The van der Waals surface area contributed by atoms with Crippen LogP contribution >= 0.6 is 22.6 Å². The number of likely N-dealkylation sites (N-methyl/N-ethyl adjacent to an activating group) is 1. The molecule has 1 aromatic carbocycles. The van der Waals surface area contributed by atoms with Gasteiger partial charge in [0.25, 0.3) is 0 Å². The number of aromatic amines is 1. The molecule has 22 heteroatoms. The summed E-state index contributed by atoms with van der Waals surface area (Å²) in [5.74, 6) is -3.26. The maximum Gasteiger partial charge on any atom is 0.410 e. The summed E-state index contributed by atoms with van der Waals surface area (Å²) in [5.41, 5.74) is 3.32. The highest BCUT2D eigenvalue weighted by Gasteiger charge is 2.48. The highest BCUT2D eigenvalue weighted by atomic mass is 127. The van der Waals surface area contributed by atoms with E-state index in [4.69, 9.17) is 9.47 Å². The molecule has 2 aliphatic rings. The maximum absolute atomic E-state index is 13.3. The van der Waals surface area contributed by atoms with Crippen molar-refractivity contribution in [1.82, 2.24) is 40.7 Å². The highest BCUT2D eigenvalue weighted by molar-refractivity contribution is 14.1. The topological polar surface area (TPSA) is 287 Å². The Morgan fingerprint density at radius 2 is 1.68 bits per heavy atom. The number of aliphatic hydroxyl groups excluding tert-OH is 2. The van der Waals surface area contributed by atoms with Gasteiger partial charge in [-0.2, -0.15) is 0 Å². The van der Waals surface area contributed by atoms with Crippen LogP contribution in [0.5, 0.6) is 0 Å². The number of imide groups is 1. The van der Waals surface area contributed by atoms with E-state index in [1.807, 2.05) is 19.9 Å². The number of nitrogens with zero attached hydrogens (tertiary/aromatic N) is 4. The van der Waals surface area contributed by atoms with E-state index in [-0.39, 0.29) is 47.1 Å². The summed E-state index contributed by atoms with van der Waals surface area (Å²) in [5, 5.41) is 35.9. The van der Waals surface area contributed by atoms with Gasteiger partial charge in [0, 0.05) is 41.2 Å². The van der Waals surface area contributed by atoms with Crippen molar-refractivity contribution in [1.29, 1.82) is 0 Å². The van der Waals surface area contributed by atoms with E-state index >= 15 is 0 Å². The number of carbonyl (C=O) groups is 7. The number of hydrogen-bond donors (Lipinski definition) is 8. The second kappa shape index (κ2) is 25.8. The molecule has 5 rings (SSSR count). The minimum atomic E-state index is -1.46. The molecule has 2 saturated heterocycles. The lowest BCUT2D eigenvalue weighted by molar-refractivity contribution is -0.172. The van der Waals surface area contributed by atoms with Crippen LogP contribution in [0.3, 0.4) is 0 Å². The number of rotatable bonds is 24. The number of ether oxygens (including phenoxy) is 2. The third kappa shape index (κ3) is 14.8. The molecule has 2 aliphatic heterocycles. The molecule has 2 aromatic heterocycles. The molecule has 1 unspecified atom stereocenters. The predicted molar refractivity (Wildman–Crippen MR) is 273 cm³/mol. The Morgan fingerprint density at radius 3 is 2.34 bits per heavy atom. The molecule has 0 radical (unpaired) electrons. The van der Waals surface area contributed by atoms with Gasteiger partial charge in [-0.3, -0.25) is 33.7 Å². The molecule has 71 heavy (non-hydrogen) atoms. The van der Waals surface area contributed by atoms with Crippen LogP contribution in [0.15, 0.2) is 36.7 Å². The van der Waals surface area contributed by atoms with E-state index in [1.54, 1.807) is 45.0 Å². The summed E-state index contributed by atoms with van der Waals surface area (Å²) in [6.45, 7) is 12.1. The molecule has 0 aliphatic carbocycles. The number of likely N-dealkylation sites (tertiary alicyclic amines) is 1. The number of aromatic nitrogens is 3. The molecular formula is C49H71IN10O11. The van der Waals surface area contributed by atoms with Crippen molar-refractivity contribution in [3.8, 4) is 0 Å². The Balaban J connectivity index is 1.02. The van der Waals surface area contributed by atoms with Crippen molar-refractivity contribution in [2.24, 2.45) is 11.8 Å². The summed E-state index contributed by atoms with van der Waals surface area (Å²) in [4.78, 5) is 105. The summed E-state index contributed by atoms with van der Waals surface area (Å²) in [6.07, 6.45) is 2.59. The minimum absolute atomic E-state index is 0.0935. The Labute approximate surface area is 428 Å². The second-order valence-electron chi connectivity index (χ2n) is 18.8. The lowest BCUT2D eigenvalue weighted by Crippen LogP contribution is -2.64. The van der Waals surface area contributed by atoms with E-state index in [1.165, 1.54) is 26.7 Å². The molecule has 0 bridgehead atoms. The number of nitrogens with one attached hydrogen (secondary N) is 6. The van der Waals surface area contributed by atoms with Crippen molar-refractivity contribution in [2.45, 2.75) is 159 Å². The number of fused-ring (bicyclic) bond motifs is 1. The number of aliphatic hydroxyl groups is 2. The van der Waals surface area contributed by atoms with Gasteiger partial charge in [-0.05, 0) is 69.2 Å². The van der Waals surface area contributed by atoms with Gasteiger partial charge in [0.05, 0.1) is 23.6 Å². The van der Waals surface area contributed by atoms with Crippen molar-refractivity contribution >= 4 is 86.7 Å². The van der Waals surface area contributed by atoms with Crippen LogP contribution in [-0.4, -0.2) is 143 Å². The zero-order valence-corrected chi connectivity index (χ0v) is 44.0. The smallest absolute Gasteiger partial charge is 0.410 e. The number of aryl methyl sites for hydroxylation is 1. The van der Waals surface area contributed by atoms with Crippen LogP contribution in [0.25, 0.3) is 11.0 Å². The molecule has 2 fully saturated rings. The van der Waals surface area contributed by atoms with E-state index in [0.29, 0.717) is 28.1 Å². The van der Waals surface area contributed by atoms with Crippen LogP contribution in [0.1, 0.15) is 111 Å². The average Bonchev–Trinajstić information content (AvgIpc) is 3.90. The standard InChI is InChI=1S/C49H71IN10O11/c1-9-12-13-14-15-32-22-34-40(54-32)43(52-26-51-34)58-46-42(65)41(64)39(29(7)71-46)57-36(62)24-59(8)48(69)70-25-30-16-18-31(19-17-30)55-44(66)28(6)53-45(67)38(27(4)5)56-35(61)20-21-60-37(63)23-33(47(60)68)49(50,10-2)11-3/h16-19,22,26-29,33,38-39,41-42,46,54,64-65H,9-15,20-21,23-25H2,1-8H3,(H,53,67)(H,55,66)(H,56,61)(H,57,62)(H,51,52,58)/t28-,29-,33?,38-,39-,41+,42+,46-/m0/s1. The normalized spacial score (nSPS) is 21.2. The number of carbonyl (C=O) groups excluding carboxylic acids is 7. The van der Waals surface area contributed by atoms with Gasteiger partial charge in [-0.1, -0.05) is 88.6 Å². The fourth-order valence-electron chi connectivity index (χ4n) is 8.63. The number of alkyl halides is 1. The highest BCUT2D eigenvalue weighted by Crippen LogP contribution is 2.41. The van der Waals surface area contributed by atoms with Crippen molar-refractivity contribution in [2.75, 3.05) is 30.8 Å². The van der Waals surface area contributed by atoms with Crippen LogP contribution < -0.4 is 26.6 Å². The molecule has 390 valence electrons. The van der Waals surface area contributed by atoms with Crippen molar-refractivity contribution in [3.63, 3.8) is 0 Å². The quantitative estimate of drug-likeness (QED) is 0.0272. The summed E-state index contributed by atoms with van der Waals surface area (Å²) >= 11 is 2.26. The van der Waals surface area contributed by atoms with Crippen LogP contribution in [0.2, 0.25) is 0 Å². The number of unbranched alkanes of at least 4 members (excludes halogenated alkanes) is 3. The van der Waals surface area contributed by atoms with Gasteiger partial charge >= 0.3 is 6.09 Å². The summed E-state index contributed by atoms with van der Waals surface area (Å²) in [7, 11) is 1.37. The first-order valence-electron chi connectivity index (χ1n) is 24.5. The Hall–Kier alpha value is -5.46. The zero-order valence-electron chi connectivity index (χ0n) is 41.9. The van der Waals surface area contributed by atoms with E-state index in [9.17, 15) is 43.8 Å². The largest absolute Gasteiger partial charge is 0.445 e. The van der Waals surface area contributed by atoms with Gasteiger partial charge < -0.3 is 56.2 Å². The molecule has 8 atom stereocenters. The van der Waals surface area contributed by atoms with Gasteiger partial charge in [-0.15, -0.1) is 0 Å². The van der Waals surface area contributed by atoms with Crippen LogP contribution in [0, 0.1) is 11.8 Å². The molecule has 0 spiro atoms. The Morgan fingerprint density at radius 1 is 0.972 bits per heavy atom. The second-order valence-corrected chi connectivity index (χ2v) is 21.0. The van der Waals surface area contributed by atoms with E-state index in [0.717, 1.165) is 54.0 Å². The lowest BCUT2D eigenvalue weighted by atomic mass is 9.86. The van der Waals surface area contributed by atoms with Gasteiger partial charge in [0.1, 0.15) is 49.3 Å². The third-order valence-corrected chi connectivity index (χ3v) is 15.5. The number of hydrogen-bond acceptors (Lipinski definition) is 14. The van der Waals surface area contributed by atoms with Gasteiger partial charge in [0.2, 0.25) is 35.4 Å². The van der Waals surface area contributed by atoms with Crippen LogP contribution in [-0.2, 0) is 51.3 Å². The van der Waals surface area contributed by atoms with Gasteiger partial charge in [-0.25, -0.2) is 14.8 Å².